The van der Waals surface area contributed by atoms with Gasteiger partial charge in [0.05, 0.1) is 11.3 Å². The highest BCUT2D eigenvalue weighted by Crippen LogP contribution is 2.32. The fourth-order valence-corrected chi connectivity index (χ4v) is 2.60. The molecular weight excluding hydrogens is 252 g/mol. The molecule has 1 aliphatic heterocycles. The van der Waals surface area contributed by atoms with Crippen molar-refractivity contribution in [3.63, 3.8) is 0 Å². The molecule has 19 heavy (non-hydrogen) atoms. The number of hydrogen-bond donors (Lipinski definition) is 1. The number of rotatable bonds is 2. The van der Waals surface area contributed by atoms with Crippen LogP contribution in [0, 0.1) is 17.6 Å². The molecule has 1 saturated heterocycles. The molecule has 2 unspecified atom stereocenters. The van der Waals surface area contributed by atoms with Gasteiger partial charge in [0.15, 0.2) is 11.6 Å². The van der Waals surface area contributed by atoms with Crippen LogP contribution in [0.25, 0.3) is 0 Å². The highest BCUT2D eigenvalue weighted by atomic mass is 19.2. The maximum atomic E-state index is 14.0. The predicted octanol–water partition coefficient (Wildman–Crippen LogP) is 3.29. The second-order valence-electron chi connectivity index (χ2n) is 5.12. The molecule has 104 valence electrons. The second-order valence-corrected chi connectivity index (χ2v) is 5.12. The smallest absolute Gasteiger partial charge is 0.338 e. The number of nitrogens with zero attached hydrogens (tertiary/aromatic N) is 1. The first-order chi connectivity index (χ1) is 8.93. The lowest BCUT2D eigenvalue weighted by atomic mass is 9.91. The van der Waals surface area contributed by atoms with Crippen LogP contribution in [0.1, 0.15) is 37.0 Å². The van der Waals surface area contributed by atoms with E-state index in [1.54, 1.807) is 0 Å². The third kappa shape index (κ3) is 2.41. The number of carboxylic acids is 1. The summed E-state index contributed by atoms with van der Waals surface area (Å²) in [6.07, 6.45) is 1.99. The van der Waals surface area contributed by atoms with Crippen LogP contribution in [0.4, 0.5) is 14.5 Å². The van der Waals surface area contributed by atoms with Crippen LogP contribution in [0.15, 0.2) is 12.1 Å². The molecule has 2 atom stereocenters. The Kier molecular flexibility index (Phi) is 3.73. The van der Waals surface area contributed by atoms with Crippen molar-refractivity contribution in [2.45, 2.75) is 32.7 Å². The number of aromatic carboxylic acids is 1. The van der Waals surface area contributed by atoms with Gasteiger partial charge in [-0.25, -0.2) is 13.6 Å². The molecule has 0 bridgehead atoms. The zero-order valence-electron chi connectivity index (χ0n) is 11.0. The minimum absolute atomic E-state index is 0.110. The Morgan fingerprint density at radius 3 is 2.63 bits per heavy atom. The predicted molar refractivity (Wildman–Crippen MR) is 68.5 cm³/mol. The average Bonchev–Trinajstić information content (AvgIpc) is 2.36. The Balaban J connectivity index is 2.40. The van der Waals surface area contributed by atoms with Crippen molar-refractivity contribution in [2.75, 3.05) is 11.4 Å². The van der Waals surface area contributed by atoms with Crippen molar-refractivity contribution < 1.29 is 18.7 Å². The molecule has 5 heteroatoms. The van der Waals surface area contributed by atoms with Gasteiger partial charge >= 0.3 is 5.97 Å². The normalized spacial score (nSPS) is 23.5. The SMILES string of the molecule is CC1CCCN(c2ccc(C(=O)O)c(F)c2F)C1C. The molecule has 1 N–H and O–H groups in total. The van der Waals surface area contributed by atoms with Gasteiger partial charge in [0, 0.05) is 12.6 Å². The molecule has 0 radical (unpaired) electrons. The van der Waals surface area contributed by atoms with Gasteiger partial charge in [0.1, 0.15) is 0 Å². The van der Waals surface area contributed by atoms with Crippen molar-refractivity contribution in [3.05, 3.63) is 29.3 Å². The largest absolute Gasteiger partial charge is 0.478 e. The maximum absolute atomic E-state index is 14.0. The van der Waals surface area contributed by atoms with Gasteiger partial charge in [-0.05, 0) is 37.8 Å². The topological polar surface area (TPSA) is 40.5 Å². The van der Waals surface area contributed by atoms with Gasteiger partial charge in [-0.15, -0.1) is 0 Å². The number of carboxylic acid groups (broad SMARTS) is 1. The number of carbonyl (C=O) groups is 1. The van der Waals surface area contributed by atoms with Crippen LogP contribution in [-0.4, -0.2) is 23.7 Å². The number of halogens is 2. The minimum Gasteiger partial charge on any atom is -0.478 e. The van der Waals surface area contributed by atoms with Crippen molar-refractivity contribution in [1.82, 2.24) is 0 Å². The van der Waals surface area contributed by atoms with E-state index in [0.29, 0.717) is 12.5 Å². The summed E-state index contributed by atoms with van der Waals surface area (Å²) in [6.45, 7) is 4.72. The molecule has 0 saturated carbocycles. The second kappa shape index (κ2) is 5.15. The van der Waals surface area contributed by atoms with Gasteiger partial charge in [-0.2, -0.15) is 0 Å². The summed E-state index contributed by atoms with van der Waals surface area (Å²) in [5, 5.41) is 8.77. The van der Waals surface area contributed by atoms with E-state index >= 15 is 0 Å². The van der Waals surface area contributed by atoms with Crippen LogP contribution in [0.3, 0.4) is 0 Å². The molecule has 0 amide bonds. The minimum atomic E-state index is -1.46. The van der Waals surface area contributed by atoms with E-state index in [4.69, 9.17) is 5.11 Å². The first-order valence-electron chi connectivity index (χ1n) is 6.41. The molecule has 0 aromatic heterocycles. The van der Waals surface area contributed by atoms with Crippen molar-refractivity contribution in [2.24, 2.45) is 5.92 Å². The molecule has 1 aromatic rings. The average molecular weight is 269 g/mol. The summed E-state index contributed by atoms with van der Waals surface area (Å²) < 4.78 is 27.7. The lowest BCUT2D eigenvalue weighted by Crippen LogP contribution is -2.43. The molecule has 1 aliphatic rings. The van der Waals surface area contributed by atoms with Crippen LogP contribution < -0.4 is 4.90 Å². The summed E-state index contributed by atoms with van der Waals surface area (Å²) in [6, 6.07) is 2.59. The molecule has 1 heterocycles. The Morgan fingerprint density at radius 2 is 2.00 bits per heavy atom. The van der Waals surface area contributed by atoms with E-state index in [1.165, 1.54) is 6.07 Å². The summed E-state index contributed by atoms with van der Waals surface area (Å²) in [5.74, 6) is -3.41. The highest BCUT2D eigenvalue weighted by Gasteiger charge is 2.28. The van der Waals surface area contributed by atoms with Gasteiger partial charge in [0.25, 0.3) is 0 Å². The van der Waals surface area contributed by atoms with E-state index in [-0.39, 0.29) is 11.7 Å². The van der Waals surface area contributed by atoms with E-state index in [0.717, 1.165) is 18.9 Å². The van der Waals surface area contributed by atoms with Crippen LogP contribution >= 0.6 is 0 Å². The first-order valence-corrected chi connectivity index (χ1v) is 6.41. The Morgan fingerprint density at radius 1 is 1.32 bits per heavy atom. The summed E-state index contributed by atoms with van der Waals surface area (Å²) in [4.78, 5) is 12.6. The highest BCUT2D eigenvalue weighted by molar-refractivity contribution is 5.88. The molecule has 0 spiro atoms. The fraction of sp³-hybridized carbons (Fsp3) is 0.500. The van der Waals surface area contributed by atoms with Gasteiger partial charge < -0.3 is 10.0 Å². The lowest BCUT2D eigenvalue weighted by Gasteiger charge is -2.39. The number of piperidine rings is 1. The van der Waals surface area contributed by atoms with Gasteiger partial charge in [0.2, 0.25) is 0 Å². The summed E-state index contributed by atoms with van der Waals surface area (Å²) in [5.41, 5.74) is -0.472. The van der Waals surface area contributed by atoms with Crippen molar-refractivity contribution >= 4 is 11.7 Å². The van der Waals surface area contributed by atoms with Gasteiger partial charge in [-0.3, -0.25) is 0 Å². The molecule has 1 aromatic carbocycles. The maximum Gasteiger partial charge on any atom is 0.338 e. The van der Waals surface area contributed by atoms with Crippen LogP contribution in [-0.2, 0) is 0 Å². The van der Waals surface area contributed by atoms with Crippen molar-refractivity contribution in [1.29, 1.82) is 0 Å². The fourth-order valence-electron chi connectivity index (χ4n) is 2.60. The number of hydrogen-bond acceptors (Lipinski definition) is 2. The monoisotopic (exact) mass is 269 g/mol. The van der Waals surface area contributed by atoms with Crippen LogP contribution in [0.2, 0.25) is 0 Å². The number of benzene rings is 1. The van der Waals surface area contributed by atoms with E-state index in [1.807, 2.05) is 11.8 Å². The van der Waals surface area contributed by atoms with E-state index in [2.05, 4.69) is 6.92 Å². The summed E-state index contributed by atoms with van der Waals surface area (Å²) in [7, 11) is 0. The molecule has 3 nitrogen and oxygen atoms in total. The van der Waals surface area contributed by atoms with Crippen molar-refractivity contribution in [3.8, 4) is 0 Å². The quantitative estimate of drug-likeness (QED) is 0.895. The Labute approximate surface area is 110 Å². The van der Waals surface area contributed by atoms with Gasteiger partial charge in [-0.1, -0.05) is 6.92 Å². The van der Waals surface area contributed by atoms with E-state index in [9.17, 15) is 13.6 Å². The van der Waals surface area contributed by atoms with E-state index < -0.39 is 23.2 Å². The standard InChI is InChI=1S/C14H17F2NO2/c1-8-4-3-7-17(9(8)2)11-6-5-10(14(18)19)12(15)13(11)16/h5-6,8-9H,3-4,7H2,1-2H3,(H,18,19). The number of anilines is 1. The zero-order valence-corrected chi connectivity index (χ0v) is 11.0. The third-order valence-corrected chi connectivity index (χ3v) is 3.98. The zero-order chi connectivity index (χ0) is 14.2. The molecular formula is C14H17F2NO2. The Bertz CT molecular complexity index is 504. The van der Waals surface area contributed by atoms with Crippen LogP contribution in [0.5, 0.6) is 0 Å². The molecule has 0 aliphatic carbocycles. The Hall–Kier alpha value is -1.65. The third-order valence-electron chi connectivity index (χ3n) is 3.98. The molecule has 1 fully saturated rings. The first kappa shape index (κ1) is 13.8. The molecule has 2 rings (SSSR count). The summed E-state index contributed by atoms with van der Waals surface area (Å²) >= 11 is 0. The lowest BCUT2D eigenvalue weighted by molar-refractivity contribution is 0.0690.